The van der Waals surface area contributed by atoms with Crippen molar-refractivity contribution < 1.29 is 9.50 Å². The van der Waals surface area contributed by atoms with Crippen LogP contribution in [-0.2, 0) is 6.54 Å². The Morgan fingerprint density at radius 3 is 2.83 bits per heavy atom. The number of benzene rings is 1. The summed E-state index contributed by atoms with van der Waals surface area (Å²) >= 11 is 0. The van der Waals surface area contributed by atoms with Gasteiger partial charge in [-0.3, -0.25) is 4.90 Å². The lowest BCUT2D eigenvalue weighted by molar-refractivity contribution is -0.106. The van der Waals surface area contributed by atoms with Crippen molar-refractivity contribution >= 4 is 0 Å². The minimum absolute atomic E-state index is 0.376. The molecule has 1 saturated heterocycles. The van der Waals surface area contributed by atoms with Crippen molar-refractivity contribution in [3.05, 3.63) is 35.1 Å². The molecular formula is C14H17FN2O. The van der Waals surface area contributed by atoms with Crippen molar-refractivity contribution in [3.8, 4) is 6.07 Å². The highest BCUT2D eigenvalue weighted by molar-refractivity contribution is 5.38. The second kappa shape index (κ2) is 5.05. The fourth-order valence-corrected chi connectivity index (χ4v) is 2.55. The van der Waals surface area contributed by atoms with E-state index in [0.717, 1.165) is 18.4 Å². The summed E-state index contributed by atoms with van der Waals surface area (Å²) in [7, 11) is 0. The molecule has 1 aromatic rings. The zero-order chi connectivity index (χ0) is 13.2. The zero-order valence-electron chi connectivity index (χ0n) is 10.5. The Hall–Kier alpha value is -1.44. The van der Waals surface area contributed by atoms with Gasteiger partial charge in [0.05, 0.1) is 17.2 Å². The first-order valence-corrected chi connectivity index (χ1v) is 6.19. The van der Waals surface area contributed by atoms with Crippen molar-refractivity contribution in [2.45, 2.75) is 31.9 Å². The maximum Gasteiger partial charge on any atom is 0.124 e. The molecule has 1 heterocycles. The summed E-state index contributed by atoms with van der Waals surface area (Å²) in [6.07, 6.45) is 1.77. The predicted molar refractivity (Wildman–Crippen MR) is 66.2 cm³/mol. The molecule has 0 radical (unpaired) electrons. The summed E-state index contributed by atoms with van der Waals surface area (Å²) < 4.78 is 13.0. The van der Waals surface area contributed by atoms with Crippen LogP contribution in [0.3, 0.4) is 0 Å². The molecule has 0 amide bonds. The molecule has 1 fully saturated rings. The predicted octanol–water partition coefficient (Wildman–Crippen LogP) is 2.04. The minimum atomic E-state index is -0.568. The van der Waals surface area contributed by atoms with E-state index in [9.17, 15) is 9.50 Å². The highest BCUT2D eigenvalue weighted by Gasteiger charge is 2.39. The van der Waals surface area contributed by atoms with E-state index in [1.165, 1.54) is 12.1 Å². The van der Waals surface area contributed by atoms with Crippen LogP contribution in [-0.4, -0.2) is 28.7 Å². The first-order chi connectivity index (χ1) is 8.56. The molecule has 4 heteroatoms. The average molecular weight is 248 g/mol. The molecule has 2 rings (SSSR count). The topological polar surface area (TPSA) is 47.3 Å². The fourth-order valence-electron chi connectivity index (χ4n) is 2.55. The molecule has 96 valence electrons. The summed E-state index contributed by atoms with van der Waals surface area (Å²) in [5, 5.41) is 19.0. The van der Waals surface area contributed by atoms with Gasteiger partial charge in [0, 0.05) is 19.6 Å². The molecule has 1 aromatic carbocycles. The lowest BCUT2D eigenvalue weighted by atomic mass is 9.88. The van der Waals surface area contributed by atoms with Crippen molar-refractivity contribution in [1.29, 1.82) is 5.26 Å². The molecule has 0 bridgehead atoms. The quantitative estimate of drug-likeness (QED) is 0.887. The number of nitrogens with zero attached hydrogens (tertiary/aromatic N) is 2. The Labute approximate surface area is 106 Å². The average Bonchev–Trinajstić information content (AvgIpc) is 2.29. The molecule has 0 aliphatic carbocycles. The third-order valence-electron chi connectivity index (χ3n) is 3.34. The third-order valence-corrected chi connectivity index (χ3v) is 3.34. The van der Waals surface area contributed by atoms with Crippen LogP contribution in [0.15, 0.2) is 18.2 Å². The lowest BCUT2D eigenvalue weighted by Crippen LogP contribution is -2.61. The Balaban J connectivity index is 1.99. The van der Waals surface area contributed by atoms with E-state index in [1.54, 1.807) is 6.07 Å². The second-order valence-corrected chi connectivity index (χ2v) is 5.03. The number of hydrogen-bond donors (Lipinski definition) is 1. The molecule has 0 aromatic heterocycles. The number of hydrogen-bond acceptors (Lipinski definition) is 3. The highest BCUT2D eigenvalue weighted by atomic mass is 19.1. The van der Waals surface area contributed by atoms with E-state index >= 15 is 0 Å². The van der Waals surface area contributed by atoms with Crippen molar-refractivity contribution in [2.75, 3.05) is 13.1 Å². The standard InChI is InChI=1S/C14H17FN2O/c1-2-5-14(18)9-17(10-14)8-11-3-4-13(15)6-12(11)7-16/h3-4,6,18H,2,5,8-10H2,1H3. The van der Waals surface area contributed by atoms with Crippen molar-refractivity contribution in [2.24, 2.45) is 0 Å². The van der Waals surface area contributed by atoms with E-state index in [1.807, 2.05) is 13.0 Å². The van der Waals surface area contributed by atoms with Gasteiger partial charge in [-0.1, -0.05) is 19.4 Å². The van der Waals surface area contributed by atoms with E-state index in [4.69, 9.17) is 5.26 Å². The molecule has 0 unspecified atom stereocenters. The van der Waals surface area contributed by atoms with E-state index in [-0.39, 0.29) is 5.82 Å². The van der Waals surface area contributed by atoms with Gasteiger partial charge in [-0.05, 0) is 24.1 Å². The molecule has 1 aliphatic rings. The van der Waals surface area contributed by atoms with Crippen LogP contribution in [0.4, 0.5) is 4.39 Å². The minimum Gasteiger partial charge on any atom is -0.387 e. The molecule has 0 atom stereocenters. The third kappa shape index (κ3) is 2.69. The smallest absolute Gasteiger partial charge is 0.124 e. The number of aliphatic hydroxyl groups is 1. The molecule has 18 heavy (non-hydrogen) atoms. The van der Waals surface area contributed by atoms with Gasteiger partial charge in [0.25, 0.3) is 0 Å². The molecule has 0 saturated carbocycles. The maximum atomic E-state index is 13.0. The van der Waals surface area contributed by atoms with Crippen LogP contribution < -0.4 is 0 Å². The summed E-state index contributed by atoms with van der Waals surface area (Å²) in [6, 6.07) is 6.28. The molecule has 3 nitrogen and oxygen atoms in total. The Bertz CT molecular complexity index is 475. The van der Waals surface area contributed by atoms with Crippen LogP contribution in [0, 0.1) is 17.1 Å². The van der Waals surface area contributed by atoms with Crippen LogP contribution in [0.5, 0.6) is 0 Å². The van der Waals surface area contributed by atoms with E-state index in [0.29, 0.717) is 25.2 Å². The van der Waals surface area contributed by atoms with Crippen molar-refractivity contribution in [1.82, 2.24) is 4.90 Å². The van der Waals surface area contributed by atoms with Crippen LogP contribution >= 0.6 is 0 Å². The van der Waals surface area contributed by atoms with Crippen LogP contribution in [0.2, 0.25) is 0 Å². The first-order valence-electron chi connectivity index (χ1n) is 6.19. The summed E-state index contributed by atoms with van der Waals surface area (Å²) in [4.78, 5) is 2.07. The van der Waals surface area contributed by atoms with Gasteiger partial charge in [0.1, 0.15) is 5.82 Å². The number of rotatable bonds is 4. The Morgan fingerprint density at radius 1 is 1.50 bits per heavy atom. The summed E-state index contributed by atoms with van der Waals surface area (Å²) in [5.41, 5.74) is 0.625. The number of likely N-dealkylation sites (tertiary alicyclic amines) is 1. The van der Waals surface area contributed by atoms with Crippen molar-refractivity contribution in [3.63, 3.8) is 0 Å². The monoisotopic (exact) mass is 248 g/mol. The Kier molecular flexibility index (Phi) is 3.65. The van der Waals surface area contributed by atoms with Gasteiger partial charge < -0.3 is 5.11 Å². The summed E-state index contributed by atoms with van der Waals surface area (Å²) in [5.74, 6) is -0.388. The largest absolute Gasteiger partial charge is 0.387 e. The molecule has 0 spiro atoms. The summed E-state index contributed by atoms with van der Waals surface area (Å²) in [6.45, 7) is 3.90. The normalized spacial score (nSPS) is 18.1. The maximum absolute atomic E-state index is 13.0. The van der Waals surface area contributed by atoms with E-state index in [2.05, 4.69) is 4.90 Å². The SMILES string of the molecule is CCCC1(O)CN(Cc2ccc(F)cc2C#N)C1. The van der Waals surface area contributed by atoms with Crippen LogP contribution in [0.1, 0.15) is 30.9 Å². The van der Waals surface area contributed by atoms with Gasteiger partial charge in [0.15, 0.2) is 0 Å². The lowest BCUT2D eigenvalue weighted by Gasteiger charge is -2.46. The molecule has 1 aliphatic heterocycles. The molecular weight excluding hydrogens is 231 g/mol. The van der Waals surface area contributed by atoms with Gasteiger partial charge >= 0.3 is 0 Å². The van der Waals surface area contributed by atoms with Gasteiger partial charge in [-0.2, -0.15) is 5.26 Å². The Morgan fingerprint density at radius 2 is 2.22 bits per heavy atom. The van der Waals surface area contributed by atoms with Crippen LogP contribution in [0.25, 0.3) is 0 Å². The molecule has 1 N–H and O–H groups in total. The number of nitriles is 1. The van der Waals surface area contributed by atoms with Gasteiger partial charge in [0.2, 0.25) is 0 Å². The van der Waals surface area contributed by atoms with Gasteiger partial charge in [-0.15, -0.1) is 0 Å². The fraction of sp³-hybridized carbons (Fsp3) is 0.500. The number of halogens is 1. The second-order valence-electron chi connectivity index (χ2n) is 5.03. The van der Waals surface area contributed by atoms with E-state index < -0.39 is 5.60 Å². The highest BCUT2D eigenvalue weighted by Crippen LogP contribution is 2.27. The number of β-amino-alcohol motifs (C(OH)–C–C–N with tert-alkyl or cyclic N) is 1. The zero-order valence-corrected chi connectivity index (χ0v) is 10.5. The van der Waals surface area contributed by atoms with Gasteiger partial charge in [-0.25, -0.2) is 4.39 Å². The first kappa shape index (κ1) is 13.0.